The fraction of sp³-hybridized carbons (Fsp3) is 0.476. The summed E-state index contributed by atoms with van der Waals surface area (Å²) in [6.07, 6.45) is 2.26. The van der Waals surface area contributed by atoms with Crippen molar-refractivity contribution in [3.63, 3.8) is 0 Å². The average Bonchev–Trinajstić information content (AvgIpc) is 3.48. The van der Waals surface area contributed by atoms with Crippen LogP contribution in [0.25, 0.3) is 0 Å². The Hall–Kier alpha value is -3.05. The van der Waals surface area contributed by atoms with Crippen LogP contribution in [-0.2, 0) is 11.3 Å². The molecule has 29 heavy (non-hydrogen) atoms. The molecule has 2 saturated heterocycles. The van der Waals surface area contributed by atoms with Crippen LogP contribution in [0, 0.1) is 11.3 Å². The molecule has 8 heteroatoms. The van der Waals surface area contributed by atoms with Gasteiger partial charge in [-0.15, -0.1) is 0 Å². The molecule has 0 radical (unpaired) electrons. The van der Waals surface area contributed by atoms with Gasteiger partial charge in [0, 0.05) is 44.5 Å². The molecule has 4 heterocycles. The minimum atomic E-state index is 0.155. The molecule has 1 atom stereocenters. The summed E-state index contributed by atoms with van der Waals surface area (Å²) in [5.74, 6) is 2.55. The fourth-order valence-corrected chi connectivity index (χ4v) is 4.44. The second-order valence-corrected chi connectivity index (χ2v) is 7.68. The summed E-state index contributed by atoms with van der Waals surface area (Å²) in [4.78, 5) is 4.63. The Morgan fingerprint density at radius 1 is 1.07 bits per heavy atom. The number of benzene rings is 1. The van der Waals surface area contributed by atoms with E-state index in [-0.39, 0.29) is 12.9 Å². The second kappa shape index (κ2) is 7.41. The maximum atomic E-state index is 9.58. The number of aromatic nitrogens is 1. The number of anilines is 3. The lowest BCUT2D eigenvalue weighted by Gasteiger charge is -2.38. The van der Waals surface area contributed by atoms with Gasteiger partial charge in [-0.25, -0.2) is 0 Å². The van der Waals surface area contributed by atoms with Crippen LogP contribution in [0.15, 0.2) is 24.3 Å². The zero-order valence-electron chi connectivity index (χ0n) is 16.3. The molecule has 3 aliphatic rings. The van der Waals surface area contributed by atoms with Crippen LogP contribution in [0.2, 0.25) is 0 Å². The molecule has 0 unspecified atom stereocenters. The molecule has 0 spiro atoms. The third-order valence-corrected chi connectivity index (χ3v) is 5.92. The largest absolute Gasteiger partial charge is 0.454 e. The maximum Gasteiger partial charge on any atom is 0.231 e. The molecule has 2 fully saturated rings. The number of hydrogen-bond acceptors (Lipinski definition) is 7. The summed E-state index contributed by atoms with van der Waals surface area (Å²) >= 11 is 0. The molecular weight excluding hydrogens is 370 g/mol. The third kappa shape index (κ3) is 3.32. The van der Waals surface area contributed by atoms with E-state index in [0.29, 0.717) is 17.9 Å². The van der Waals surface area contributed by atoms with Crippen molar-refractivity contribution in [3.8, 4) is 17.6 Å². The van der Waals surface area contributed by atoms with Crippen molar-refractivity contribution in [1.82, 2.24) is 4.57 Å². The Kier molecular flexibility index (Phi) is 4.60. The van der Waals surface area contributed by atoms with Crippen molar-refractivity contribution >= 4 is 17.2 Å². The van der Waals surface area contributed by atoms with Crippen LogP contribution >= 0.6 is 0 Å². The number of nitrogen functional groups attached to an aromatic ring is 1. The number of rotatable bonds is 4. The highest BCUT2D eigenvalue weighted by Crippen LogP contribution is 2.36. The van der Waals surface area contributed by atoms with Crippen molar-refractivity contribution < 1.29 is 14.2 Å². The Morgan fingerprint density at radius 2 is 1.86 bits per heavy atom. The minimum absolute atomic E-state index is 0.155. The number of nitrogens with zero attached hydrogens (tertiary/aromatic N) is 4. The van der Waals surface area contributed by atoms with Crippen molar-refractivity contribution in [2.45, 2.75) is 25.5 Å². The van der Waals surface area contributed by atoms with Crippen LogP contribution in [-0.4, -0.2) is 50.2 Å². The lowest BCUT2D eigenvalue weighted by atomic mass is 10.2. The van der Waals surface area contributed by atoms with Gasteiger partial charge in [0.2, 0.25) is 6.79 Å². The summed E-state index contributed by atoms with van der Waals surface area (Å²) in [5.41, 5.74) is 8.73. The number of fused-ring (bicyclic) bond motifs is 1. The normalized spacial score (nSPS) is 20.9. The molecule has 1 aromatic carbocycles. The van der Waals surface area contributed by atoms with Crippen molar-refractivity contribution in [3.05, 3.63) is 30.0 Å². The van der Waals surface area contributed by atoms with Gasteiger partial charge in [0.1, 0.15) is 17.6 Å². The second-order valence-electron chi connectivity index (χ2n) is 7.68. The minimum Gasteiger partial charge on any atom is -0.454 e. The third-order valence-electron chi connectivity index (χ3n) is 5.92. The summed E-state index contributed by atoms with van der Waals surface area (Å²) < 4.78 is 18.8. The van der Waals surface area contributed by atoms with Crippen molar-refractivity contribution in [2.75, 3.05) is 55.1 Å². The van der Waals surface area contributed by atoms with Gasteiger partial charge >= 0.3 is 0 Å². The molecule has 2 N–H and O–H groups in total. The number of nitrogens with two attached hydrogens (primary N) is 1. The average molecular weight is 395 g/mol. The maximum absolute atomic E-state index is 9.58. The molecule has 0 aliphatic carbocycles. The summed E-state index contributed by atoms with van der Waals surface area (Å²) in [6.45, 7) is 5.16. The SMILES string of the molecule is N#Cc1cc(N)c(N2CCN(c3ccc4c(c3)OCO4)CC2)n1C[C@H]1CCCO1. The predicted octanol–water partition coefficient (Wildman–Crippen LogP) is 2.18. The molecule has 0 amide bonds. The van der Waals surface area contributed by atoms with Gasteiger partial charge in [-0.2, -0.15) is 5.26 Å². The Balaban J connectivity index is 1.33. The van der Waals surface area contributed by atoms with E-state index in [1.807, 2.05) is 16.7 Å². The van der Waals surface area contributed by atoms with E-state index in [9.17, 15) is 5.26 Å². The van der Waals surface area contributed by atoms with E-state index in [4.69, 9.17) is 19.9 Å². The van der Waals surface area contributed by atoms with Crippen LogP contribution < -0.4 is 25.0 Å². The van der Waals surface area contributed by atoms with Gasteiger partial charge in [0.05, 0.1) is 18.3 Å². The van der Waals surface area contributed by atoms with Crippen LogP contribution in [0.4, 0.5) is 17.2 Å². The molecule has 5 rings (SSSR count). The van der Waals surface area contributed by atoms with Crippen molar-refractivity contribution in [2.24, 2.45) is 0 Å². The summed E-state index contributed by atoms with van der Waals surface area (Å²) in [7, 11) is 0. The lowest BCUT2D eigenvalue weighted by Crippen LogP contribution is -2.47. The van der Waals surface area contributed by atoms with Crippen LogP contribution in [0.1, 0.15) is 18.5 Å². The molecule has 0 saturated carbocycles. The van der Waals surface area contributed by atoms with Crippen molar-refractivity contribution in [1.29, 1.82) is 5.26 Å². The summed E-state index contributed by atoms with van der Waals surface area (Å²) in [6, 6.07) is 10.2. The van der Waals surface area contributed by atoms with Crippen LogP contribution in [0.5, 0.6) is 11.5 Å². The standard InChI is InChI=1S/C21H25N5O3/c22-12-16-10-18(23)21(26(16)13-17-2-1-9-27-17)25-7-5-24(6-8-25)15-3-4-19-20(11-15)29-14-28-19/h3-4,10-11,17H,1-2,5-9,13-14,23H2/t17-/m1/s1. The molecule has 1 aromatic heterocycles. The first-order valence-corrected chi connectivity index (χ1v) is 10.1. The van der Waals surface area contributed by atoms with Gasteiger partial charge in [0.25, 0.3) is 0 Å². The number of hydrogen-bond donors (Lipinski definition) is 1. The molecular formula is C21H25N5O3. The van der Waals surface area contributed by atoms with E-state index in [1.165, 1.54) is 0 Å². The first-order chi connectivity index (χ1) is 14.2. The molecule has 8 nitrogen and oxygen atoms in total. The topological polar surface area (TPSA) is 88.9 Å². The van der Waals surface area contributed by atoms with Gasteiger partial charge < -0.3 is 34.3 Å². The van der Waals surface area contributed by atoms with Gasteiger partial charge in [-0.3, -0.25) is 0 Å². The highest BCUT2D eigenvalue weighted by molar-refractivity contribution is 5.69. The van der Waals surface area contributed by atoms with E-state index in [2.05, 4.69) is 21.9 Å². The first-order valence-electron chi connectivity index (χ1n) is 10.1. The van der Waals surface area contributed by atoms with E-state index < -0.39 is 0 Å². The smallest absolute Gasteiger partial charge is 0.231 e. The van der Waals surface area contributed by atoms with E-state index in [0.717, 1.165) is 68.6 Å². The molecule has 2 aromatic rings. The monoisotopic (exact) mass is 395 g/mol. The van der Waals surface area contributed by atoms with Gasteiger partial charge in [-0.1, -0.05) is 0 Å². The molecule has 152 valence electrons. The Morgan fingerprint density at radius 3 is 2.62 bits per heavy atom. The highest BCUT2D eigenvalue weighted by atomic mass is 16.7. The summed E-state index contributed by atoms with van der Waals surface area (Å²) in [5, 5.41) is 9.58. The van der Waals surface area contributed by atoms with E-state index >= 15 is 0 Å². The zero-order valence-corrected chi connectivity index (χ0v) is 16.3. The number of piperazine rings is 1. The van der Waals surface area contributed by atoms with Crippen LogP contribution in [0.3, 0.4) is 0 Å². The Bertz CT molecular complexity index is 937. The van der Waals surface area contributed by atoms with Gasteiger partial charge in [-0.05, 0) is 31.0 Å². The molecule has 3 aliphatic heterocycles. The zero-order chi connectivity index (χ0) is 19.8. The Labute approximate surface area is 169 Å². The number of ether oxygens (including phenoxy) is 3. The van der Waals surface area contributed by atoms with Gasteiger partial charge in [0.15, 0.2) is 11.5 Å². The first kappa shape index (κ1) is 18.0. The van der Waals surface area contributed by atoms with E-state index in [1.54, 1.807) is 6.07 Å². The highest BCUT2D eigenvalue weighted by Gasteiger charge is 2.27. The predicted molar refractivity (Wildman–Crippen MR) is 110 cm³/mol. The fourth-order valence-electron chi connectivity index (χ4n) is 4.44. The number of nitriles is 1. The molecule has 0 bridgehead atoms. The quantitative estimate of drug-likeness (QED) is 0.849. The lowest BCUT2D eigenvalue weighted by molar-refractivity contribution is 0.0971.